The van der Waals surface area contributed by atoms with Gasteiger partial charge in [-0.1, -0.05) is 6.07 Å². The van der Waals surface area contributed by atoms with Gasteiger partial charge in [-0.25, -0.2) is 0 Å². The van der Waals surface area contributed by atoms with E-state index in [1.54, 1.807) is 55.6 Å². The maximum Gasteiger partial charge on any atom is 0.313 e. The summed E-state index contributed by atoms with van der Waals surface area (Å²) in [5.74, 6) is -0.625. The lowest BCUT2D eigenvalue weighted by Gasteiger charge is -2.06. The minimum Gasteiger partial charge on any atom is -0.421 e. The van der Waals surface area contributed by atoms with Gasteiger partial charge in [0.2, 0.25) is 11.8 Å². The fourth-order valence-corrected chi connectivity index (χ4v) is 2.05. The van der Waals surface area contributed by atoms with Gasteiger partial charge in [0.15, 0.2) is 0 Å². The molecule has 0 atom stereocenters. The van der Waals surface area contributed by atoms with Crippen LogP contribution in [0.1, 0.15) is 11.6 Å². The van der Waals surface area contributed by atoms with E-state index in [-0.39, 0.29) is 6.54 Å². The average Bonchev–Trinajstić information content (AvgIpc) is 3.07. The summed E-state index contributed by atoms with van der Waals surface area (Å²) < 4.78 is 5.32. The fraction of sp³-hybridized carbons (Fsp3) is 0.118. The molecule has 2 amide bonds. The van der Waals surface area contributed by atoms with Crippen molar-refractivity contribution in [2.24, 2.45) is 0 Å². The molecule has 1 aromatic carbocycles. The van der Waals surface area contributed by atoms with Crippen molar-refractivity contribution in [1.82, 2.24) is 20.5 Å². The third-order valence-corrected chi connectivity index (χ3v) is 3.28. The molecule has 0 spiro atoms. The van der Waals surface area contributed by atoms with Crippen LogP contribution in [0.15, 0.2) is 53.1 Å². The number of amides is 2. The lowest BCUT2D eigenvalue weighted by atomic mass is 10.2. The van der Waals surface area contributed by atoms with Crippen molar-refractivity contribution in [3.63, 3.8) is 0 Å². The summed E-state index contributed by atoms with van der Waals surface area (Å²) >= 11 is 0. The number of rotatable bonds is 4. The van der Waals surface area contributed by atoms with Crippen LogP contribution >= 0.6 is 0 Å². The second-order valence-corrected chi connectivity index (χ2v) is 5.16. The van der Waals surface area contributed by atoms with Gasteiger partial charge in [-0.15, -0.1) is 10.2 Å². The number of aryl methyl sites for hydroxylation is 1. The van der Waals surface area contributed by atoms with Crippen LogP contribution in [-0.2, 0) is 16.1 Å². The van der Waals surface area contributed by atoms with Gasteiger partial charge in [0.1, 0.15) is 0 Å². The predicted octanol–water partition coefficient (Wildman–Crippen LogP) is 1.69. The van der Waals surface area contributed by atoms with Gasteiger partial charge in [-0.05, 0) is 36.4 Å². The van der Waals surface area contributed by atoms with Gasteiger partial charge in [0.25, 0.3) is 0 Å². The van der Waals surface area contributed by atoms with Crippen molar-refractivity contribution in [3.8, 4) is 11.5 Å². The molecule has 3 aromatic rings. The van der Waals surface area contributed by atoms with Gasteiger partial charge in [-0.3, -0.25) is 14.6 Å². The number of hydrogen-bond acceptors (Lipinski definition) is 6. The summed E-state index contributed by atoms with van der Waals surface area (Å²) in [7, 11) is 0. The van der Waals surface area contributed by atoms with E-state index < -0.39 is 11.8 Å². The highest BCUT2D eigenvalue weighted by Gasteiger charge is 2.14. The molecule has 0 fully saturated rings. The van der Waals surface area contributed by atoms with E-state index in [1.807, 2.05) is 0 Å². The van der Waals surface area contributed by atoms with Crippen LogP contribution in [-0.4, -0.2) is 27.0 Å². The molecule has 0 unspecified atom stereocenters. The van der Waals surface area contributed by atoms with Crippen LogP contribution in [0.2, 0.25) is 0 Å². The molecule has 2 N–H and O–H groups in total. The van der Waals surface area contributed by atoms with Crippen LogP contribution < -0.4 is 10.6 Å². The first-order valence-corrected chi connectivity index (χ1v) is 7.51. The first kappa shape index (κ1) is 16.3. The third-order valence-electron chi connectivity index (χ3n) is 3.28. The summed E-state index contributed by atoms with van der Waals surface area (Å²) in [5.41, 5.74) is 1.87. The molecular weight excluding hydrogens is 322 g/mol. The number of carbonyl (C=O) groups excluding carboxylic acids is 2. The van der Waals surface area contributed by atoms with Crippen LogP contribution in [0.4, 0.5) is 5.69 Å². The standard InChI is InChI=1S/C17H15N5O3/c1-11-21-22-17(25-11)12-5-7-13(8-6-12)20-16(24)15(23)19-10-14-4-2-3-9-18-14/h2-9H,10H2,1H3,(H,19,23)(H,20,24). The molecular formula is C17H15N5O3. The predicted molar refractivity (Wildman–Crippen MR) is 89.2 cm³/mol. The van der Waals surface area contributed by atoms with Crippen molar-refractivity contribution < 1.29 is 14.0 Å². The Morgan fingerprint density at radius 1 is 1.04 bits per heavy atom. The molecule has 8 nitrogen and oxygen atoms in total. The topological polar surface area (TPSA) is 110 Å². The molecule has 2 aromatic heterocycles. The Morgan fingerprint density at radius 3 is 2.48 bits per heavy atom. The second-order valence-electron chi connectivity index (χ2n) is 5.16. The number of pyridine rings is 1. The normalized spacial score (nSPS) is 10.3. The SMILES string of the molecule is Cc1nnc(-c2ccc(NC(=O)C(=O)NCc3ccccn3)cc2)o1. The number of carbonyl (C=O) groups is 2. The van der Waals surface area contributed by atoms with Crippen LogP contribution in [0.3, 0.4) is 0 Å². The van der Waals surface area contributed by atoms with Crippen molar-refractivity contribution >= 4 is 17.5 Å². The molecule has 0 bridgehead atoms. The maximum absolute atomic E-state index is 11.9. The van der Waals surface area contributed by atoms with E-state index in [4.69, 9.17) is 4.42 Å². The third kappa shape index (κ3) is 4.25. The minimum atomic E-state index is -0.752. The molecule has 0 aliphatic heterocycles. The molecule has 25 heavy (non-hydrogen) atoms. The van der Waals surface area contributed by atoms with Crippen LogP contribution in [0, 0.1) is 6.92 Å². The van der Waals surface area contributed by atoms with Crippen molar-refractivity contribution in [1.29, 1.82) is 0 Å². The number of aromatic nitrogens is 3. The summed E-state index contributed by atoms with van der Waals surface area (Å²) in [6.45, 7) is 1.89. The van der Waals surface area contributed by atoms with Crippen molar-refractivity contribution in [2.45, 2.75) is 13.5 Å². The van der Waals surface area contributed by atoms with Crippen molar-refractivity contribution in [3.05, 3.63) is 60.2 Å². The number of nitrogens with one attached hydrogen (secondary N) is 2. The van der Waals surface area contributed by atoms with E-state index in [0.717, 1.165) is 5.56 Å². The smallest absolute Gasteiger partial charge is 0.313 e. The molecule has 0 radical (unpaired) electrons. The maximum atomic E-state index is 11.9. The molecule has 0 saturated heterocycles. The number of benzene rings is 1. The Kier molecular flexibility index (Phi) is 4.79. The zero-order valence-corrected chi connectivity index (χ0v) is 13.4. The molecule has 8 heteroatoms. The Hall–Kier alpha value is -3.55. The van der Waals surface area contributed by atoms with Gasteiger partial charge < -0.3 is 15.1 Å². The number of nitrogens with zero attached hydrogens (tertiary/aromatic N) is 3. The minimum absolute atomic E-state index is 0.183. The largest absolute Gasteiger partial charge is 0.421 e. The second kappa shape index (κ2) is 7.35. The highest BCUT2D eigenvalue weighted by Crippen LogP contribution is 2.19. The Labute approximate surface area is 143 Å². The molecule has 0 saturated carbocycles. The Balaban J connectivity index is 1.56. The Bertz CT molecular complexity index is 875. The molecule has 3 rings (SSSR count). The Morgan fingerprint density at radius 2 is 1.84 bits per heavy atom. The van der Waals surface area contributed by atoms with E-state index >= 15 is 0 Å². The monoisotopic (exact) mass is 337 g/mol. The van der Waals surface area contributed by atoms with Crippen molar-refractivity contribution in [2.75, 3.05) is 5.32 Å². The highest BCUT2D eigenvalue weighted by molar-refractivity contribution is 6.39. The zero-order chi connectivity index (χ0) is 17.6. The van der Waals surface area contributed by atoms with Gasteiger partial charge >= 0.3 is 11.8 Å². The van der Waals surface area contributed by atoms with E-state index in [2.05, 4.69) is 25.8 Å². The summed E-state index contributed by atoms with van der Waals surface area (Å²) in [6.07, 6.45) is 1.62. The first-order valence-electron chi connectivity index (χ1n) is 7.51. The summed E-state index contributed by atoms with van der Waals surface area (Å²) in [4.78, 5) is 27.8. The van der Waals surface area contributed by atoms with Gasteiger partial charge in [-0.2, -0.15) is 0 Å². The molecule has 0 aliphatic rings. The zero-order valence-electron chi connectivity index (χ0n) is 13.4. The van der Waals surface area contributed by atoms with Crippen LogP contribution in [0.25, 0.3) is 11.5 Å². The average molecular weight is 337 g/mol. The van der Waals surface area contributed by atoms with E-state index in [0.29, 0.717) is 23.2 Å². The number of hydrogen-bond donors (Lipinski definition) is 2. The lowest BCUT2D eigenvalue weighted by Crippen LogP contribution is -2.35. The summed E-state index contributed by atoms with van der Waals surface area (Å²) in [6, 6.07) is 12.1. The highest BCUT2D eigenvalue weighted by atomic mass is 16.4. The first-order chi connectivity index (χ1) is 12.1. The van der Waals surface area contributed by atoms with Crippen LogP contribution in [0.5, 0.6) is 0 Å². The molecule has 0 aliphatic carbocycles. The number of anilines is 1. The molecule has 2 heterocycles. The quantitative estimate of drug-likeness (QED) is 0.701. The summed E-state index contributed by atoms with van der Waals surface area (Å²) in [5, 5.41) is 12.7. The van der Waals surface area contributed by atoms with E-state index in [9.17, 15) is 9.59 Å². The van der Waals surface area contributed by atoms with E-state index in [1.165, 1.54) is 0 Å². The van der Waals surface area contributed by atoms with Gasteiger partial charge in [0, 0.05) is 24.4 Å². The molecule has 126 valence electrons. The fourth-order valence-electron chi connectivity index (χ4n) is 2.05. The lowest BCUT2D eigenvalue weighted by molar-refractivity contribution is -0.136. The van der Waals surface area contributed by atoms with Gasteiger partial charge in [0.05, 0.1) is 12.2 Å².